The fraction of sp³-hybridized carbons (Fsp3) is 0.120. The predicted molar refractivity (Wildman–Crippen MR) is 123 cm³/mol. The van der Waals surface area contributed by atoms with E-state index in [4.69, 9.17) is 16.3 Å². The molecule has 0 aromatic heterocycles. The Hall–Kier alpha value is -3.57. The van der Waals surface area contributed by atoms with E-state index in [2.05, 4.69) is 5.32 Å². The number of ether oxygens (including phenoxy) is 1. The summed E-state index contributed by atoms with van der Waals surface area (Å²) in [4.78, 5) is 28.2. The number of nitrogens with zero attached hydrogens (tertiary/aromatic N) is 1. The number of halogens is 1. The maximum absolute atomic E-state index is 13.5. The molecule has 156 valence electrons. The topological polar surface area (TPSA) is 58.6 Å². The van der Waals surface area contributed by atoms with Gasteiger partial charge in [0.15, 0.2) is 0 Å². The summed E-state index contributed by atoms with van der Waals surface area (Å²) in [5.74, 6) is -0.173. The molecule has 0 unspecified atom stereocenters. The van der Waals surface area contributed by atoms with Crippen LogP contribution in [0.1, 0.15) is 16.7 Å². The molecule has 0 aliphatic carbocycles. The Balaban J connectivity index is 1.83. The molecule has 5 nitrogen and oxygen atoms in total. The smallest absolute Gasteiger partial charge is 0.282 e. The van der Waals surface area contributed by atoms with Crippen molar-refractivity contribution in [3.05, 3.63) is 94.1 Å². The Kier molecular flexibility index (Phi) is 5.53. The first-order valence-electron chi connectivity index (χ1n) is 9.76. The van der Waals surface area contributed by atoms with E-state index in [9.17, 15) is 9.59 Å². The van der Waals surface area contributed by atoms with Crippen molar-refractivity contribution in [3.8, 4) is 5.75 Å². The molecule has 1 heterocycles. The Morgan fingerprint density at radius 2 is 1.55 bits per heavy atom. The number of carbonyl (C=O) groups excluding carboxylic acids is 2. The van der Waals surface area contributed by atoms with Crippen LogP contribution in [0.4, 0.5) is 11.4 Å². The summed E-state index contributed by atoms with van der Waals surface area (Å²) in [5, 5.41) is 3.61. The molecule has 3 aromatic carbocycles. The number of hydrogen-bond acceptors (Lipinski definition) is 4. The van der Waals surface area contributed by atoms with E-state index in [1.54, 1.807) is 49.6 Å². The van der Waals surface area contributed by atoms with Gasteiger partial charge in [0.05, 0.1) is 18.4 Å². The highest BCUT2D eigenvalue weighted by atomic mass is 35.5. The van der Waals surface area contributed by atoms with Crippen LogP contribution in [0.15, 0.2) is 72.4 Å². The molecule has 0 bridgehead atoms. The van der Waals surface area contributed by atoms with Crippen LogP contribution in [0, 0.1) is 13.8 Å². The molecule has 1 aliphatic heterocycles. The summed E-state index contributed by atoms with van der Waals surface area (Å²) < 4.78 is 5.22. The van der Waals surface area contributed by atoms with Crippen molar-refractivity contribution < 1.29 is 14.3 Å². The Bertz CT molecular complexity index is 1200. The van der Waals surface area contributed by atoms with Crippen molar-refractivity contribution in [1.82, 2.24) is 0 Å². The van der Waals surface area contributed by atoms with Crippen LogP contribution in [0.3, 0.4) is 0 Å². The predicted octanol–water partition coefficient (Wildman–Crippen LogP) is 5.36. The summed E-state index contributed by atoms with van der Waals surface area (Å²) in [7, 11) is 1.58. The highest BCUT2D eigenvalue weighted by molar-refractivity contribution is 6.46. The summed E-state index contributed by atoms with van der Waals surface area (Å²) >= 11 is 6.17. The summed E-state index contributed by atoms with van der Waals surface area (Å²) in [6.07, 6.45) is 0. The minimum absolute atomic E-state index is 0.221. The third-order valence-corrected chi connectivity index (χ3v) is 5.43. The fourth-order valence-corrected chi connectivity index (χ4v) is 3.66. The lowest BCUT2D eigenvalue weighted by Gasteiger charge is -2.18. The molecule has 0 fully saturated rings. The van der Waals surface area contributed by atoms with E-state index in [-0.39, 0.29) is 5.70 Å². The molecule has 2 amide bonds. The van der Waals surface area contributed by atoms with Crippen molar-refractivity contribution in [2.75, 3.05) is 17.3 Å². The summed E-state index contributed by atoms with van der Waals surface area (Å²) in [6, 6.07) is 19.8. The molecular weight excluding hydrogens is 412 g/mol. The van der Waals surface area contributed by atoms with Gasteiger partial charge in [0.25, 0.3) is 11.8 Å². The number of rotatable bonds is 5. The zero-order chi connectivity index (χ0) is 22.1. The minimum Gasteiger partial charge on any atom is -0.497 e. The van der Waals surface area contributed by atoms with E-state index in [1.165, 1.54) is 4.90 Å². The van der Waals surface area contributed by atoms with Gasteiger partial charge in [0, 0.05) is 10.7 Å². The molecule has 6 heteroatoms. The fourth-order valence-electron chi connectivity index (χ4n) is 3.49. The lowest BCUT2D eigenvalue weighted by atomic mass is 10.0. The van der Waals surface area contributed by atoms with E-state index in [0.29, 0.717) is 27.6 Å². The van der Waals surface area contributed by atoms with Gasteiger partial charge in [-0.15, -0.1) is 0 Å². The van der Waals surface area contributed by atoms with Crippen molar-refractivity contribution in [1.29, 1.82) is 0 Å². The second-order valence-electron chi connectivity index (χ2n) is 7.35. The van der Waals surface area contributed by atoms with Gasteiger partial charge in [0.1, 0.15) is 11.4 Å². The lowest BCUT2D eigenvalue weighted by molar-refractivity contribution is -0.120. The third-order valence-electron chi connectivity index (χ3n) is 5.20. The molecule has 0 saturated heterocycles. The average molecular weight is 433 g/mol. The zero-order valence-corrected chi connectivity index (χ0v) is 18.2. The van der Waals surface area contributed by atoms with Crippen molar-refractivity contribution >= 4 is 40.4 Å². The monoisotopic (exact) mass is 432 g/mol. The molecule has 1 aliphatic rings. The minimum atomic E-state index is -0.429. The first-order chi connectivity index (χ1) is 14.9. The van der Waals surface area contributed by atoms with E-state index in [0.717, 1.165) is 16.8 Å². The van der Waals surface area contributed by atoms with Gasteiger partial charge in [-0.1, -0.05) is 47.5 Å². The number of nitrogens with one attached hydrogen (secondary N) is 1. The largest absolute Gasteiger partial charge is 0.497 e. The average Bonchev–Trinajstić information content (AvgIpc) is 3.01. The number of aryl methyl sites for hydroxylation is 2. The van der Waals surface area contributed by atoms with Crippen molar-refractivity contribution in [3.63, 3.8) is 0 Å². The maximum Gasteiger partial charge on any atom is 0.282 e. The number of benzene rings is 3. The Labute approximate surface area is 185 Å². The molecule has 4 rings (SSSR count). The first-order valence-corrected chi connectivity index (χ1v) is 10.1. The maximum atomic E-state index is 13.5. The number of hydrogen-bond donors (Lipinski definition) is 1. The standard InChI is InChI=1S/C25H21ClN2O3/c1-15-4-10-19(11-5-15)27-23-22(17-7-12-20(31-3)13-8-17)24(29)28(25(23)30)21-14-18(26)9-6-16(21)2/h4-14,27H,1-3H3. The Morgan fingerprint density at radius 3 is 2.19 bits per heavy atom. The van der Waals surface area contributed by atoms with Crippen LogP contribution in [0.2, 0.25) is 5.02 Å². The molecule has 0 atom stereocenters. The molecule has 0 spiro atoms. The van der Waals surface area contributed by atoms with Crippen LogP contribution in [0.25, 0.3) is 5.57 Å². The zero-order valence-electron chi connectivity index (χ0n) is 17.4. The first kappa shape index (κ1) is 20.7. The van der Waals surface area contributed by atoms with Gasteiger partial charge >= 0.3 is 0 Å². The second kappa shape index (κ2) is 8.28. The third kappa shape index (κ3) is 3.92. The summed E-state index contributed by atoms with van der Waals surface area (Å²) in [6.45, 7) is 3.82. The second-order valence-corrected chi connectivity index (χ2v) is 7.78. The quantitative estimate of drug-likeness (QED) is 0.551. The highest BCUT2D eigenvalue weighted by Gasteiger charge is 2.40. The van der Waals surface area contributed by atoms with Gasteiger partial charge < -0.3 is 10.1 Å². The SMILES string of the molecule is COc1ccc(C2=C(Nc3ccc(C)cc3)C(=O)N(c3cc(Cl)ccc3C)C2=O)cc1. The van der Waals surface area contributed by atoms with Crippen molar-refractivity contribution in [2.24, 2.45) is 0 Å². The molecular formula is C25H21ClN2O3. The molecule has 1 N–H and O–H groups in total. The molecule has 3 aromatic rings. The molecule has 0 radical (unpaired) electrons. The van der Waals surface area contributed by atoms with Gasteiger partial charge in [-0.05, 0) is 61.4 Å². The van der Waals surface area contributed by atoms with E-state index >= 15 is 0 Å². The van der Waals surface area contributed by atoms with Gasteiger partial charge in [-0.3, -0.25) is 9.59 Å². The number of anilines is 2. The normalized spacial score (nSPS) is 13.7. The van der Waals surface area contributed by atoms with Crippen molar-refractivity contribution in [2.45, 2.75) is 13.8 Å². The number of imide groups is 1. The number of methoxy groups -OCH3 is 1. The van der Waals surface area contributed by atoms with Crippen LogP contribution in [-0.4, -0.2) is 18.9 Å². The van der Waals surface area contributed by atoms with Gasteiger partial charge in [-0.25, -0.2) is 4.90 Å². The number of amides is 2. The van der Waals surface area contributed by atoms with E-state index < -0.39 is 11.8 Å². The van der Waals surface area contributed by atoms with Gasteiger partial charge in [0.2, 0.25) is 0 Å². The summed E-state index contributed by atoms with van der Waals surface area (Å²) in [5.41, 5.74) is 4.20. The Morgan fingerprint density at radius 1 is 0.871 bits per heavy atom. The molecule has 31 heavy (non-hydrogen) atoms. The van der Waals surface area contributed by atoms with Crippen LogP contribution in [-0.2, 0) is 9.59 Å². The van der Waals surface area contributed by atoms with Crippen LogP contribution >= 0.6 is 11.6 Å². The molecule has 0 saturated carbocycles. The van der Waals surface area contributed by atoms with Crippen LogP contribution < -0.4 is 15.0 Å². The number of carbonyl (C=O) groups is 2. The van der Waals surface area contributed by atoms with E-state index in [1.807, 2.05) is 38.1 Å². The van der Waals surface area contributed by atoms with Gasteiger partial charge in [-0.2, -0.15) is 0 Å². The highest BCUT2D eigenvalue weighted by Crippen LogP contribution is 2.36. The lowest BCUT2D eigenvalue weighted by Crippen LogP contribution is -2.33. The van der Waals surface area contributed by atoms with Crippen LogP contribution in [0.5, 0.6) is 5.75 Å².